The van der Waals surface area contributed by atoms with E-state index < -0.39 is 12.1 Å². The summed E-state index contributed by atoms with van der Waals surface area (Å²) >= 11 is 0. The molecule has 0 aromatic heterocycles. The highest BCUT2D eigenvalue weighted by Crippen LogP contribution is 2.44. The Kier molecular flexibility index (Phi) is 8.06. The van der Waals surface area contributed by atoms with Crippen LogP contribution in [-0.2, 0) is 14.3 Å². The summed E-state index contributed by atoms with van der Waals surface area (Å²) in [6, 6.07) is 15.9. The molecule has 3 unspecified atom stereocenters. The lowest BCUT2D eigenvalue weighted by Crippen LogP contribution is -2.40. The molecule has 1 fully saturated rings. The quantitative estimate of drug-likeness (QED) is 0.453. The summed E-state index contributed by atoms with van der Waals surface area (Å²) in [7, 11) is 0. The zero-order valence-electron chi connectivity index (χ0n) is 20.2. The summed E-state index contributed by atoms with van der Waals surface area (Å²) in [5.74, 6) is -1.26. The minimum absolute atomic E-state index is 0.00421. The highest BCUT2D eigenvalue weighted by Gasteiger charge is 2.33. The molecule has 0 heterocycles. The van der Waals surface area contributed by atoms with Crippen LogP contribution >= 0.6 is 0 Å². The van der Waals surface area contributed by atoms with E-state index in [1.807, 2.05) is 31.2 Å². The Morgan fingerprint density at radius 1 is 1.03 bits per heavy atom. The molecular formula is C28H34N2O5. The number of fused-ring (bicyclic) bond motifs is 3. The van der Waals surface area contributed by atoms with Gasteiger partial charge in [-0.15, -0.1) is 0 Å². The number of carboxylic acid groups (broad SMARTS) is 1. The van der Waals surface area contributed by atoms with E-state index in [1.54, 1.807) is 0 Å². The van der Waals surface area contributed by atoms with E-state index in [0.717, 1.165) is 24.0 Å². The fourth-order valence-corrected chi connectivity index (χ4v) is 5.36. The van der Waals surface area contributed by atoms with E-state index in [9.17, 15) is 14.4 Å². The van der Waals surface area contributed by atoms with Crippen LogP contribution in [0.25, 0.3) is 11.1 Å². The Balaban J connectivity index is 1.27. The monoisotopic (exact) mass is 478 g/mol. The second-order valence-electron chi connectivity index (χ2n) is 9.62. The maximum Gasteiger partial charge on any atom is 0.407 e. The Hall–Kier alpha value is -3.35. The molecular weight excluding hydrogens is 444 g/mol. The second-order valence-corrected chi connectivity index (χ2v) is 9.62. The Labute approximate surface area is 206 Å². The van der Waals surface area contributed by atoms with E-state index in [4.69, 9.17) is 9.84 Å². The lowest BCUT2D eigenvalue weighted by atomic mass is 9.98. The van der Waals surface area contributed by atoms with Crippen molar-refractivity contribution in [1.82, 2.24) is 10.6 Å². The minimum atomic E-state index is -0.910. The fraction of sp³-hybridized carbons (Fsp3) is 0.464. The van der Waals surface area contributed by atoms with Crippen molar-refractivity contribution < 1.29 is 24.2 Å². The molecule has 7 nitrogen and oxygen atoms in total. The van der Waals surface area contributed by atoms with Crippen molar-refractivity contribution in [3.8, 4) is 11.1 Å². The van der Waals surface area contributed by atoms with Gasteiger partial charge in [0.05, 0.1) is 6.42 Å². The second kappa shape index (κ2) is 11.4. The van der Waals surface area contributed by atoms with E-state index in [1.165, 1.54) is 11.1 Å². The van der Waals surface area contributed by atoms with Gasteiger partial charge < -0.3 is 20.5 Å². The van der Waals surface area contributed by atoms with Crippen LogP contribution < -0.4 is 10.6 Å². The molecule has 3 atom stereocenters. The summed E-state index contributed by atoms with van der Waals surface area (Å²) in [5, 5.41) is 15.0. The predicted octanol–water partition coefficient (Wildman–Crippen LogP) is 4.84. The molecule has 2 aromatic carbocycles. The molecule has 2 aromatic rings. The van der Waals surface area contributed by atoms with Gasteiger partial charge in [-0.05, 0) is 47.9 Å². The van der Waals surface area contributed by atoms with Crippen LogP contribution in [0.15, 0.2) is 48.5 Å². The van der Waals surface area contributed by atoms with Gasteiger partial charge in [0, 0.05) is 23.9 Å². The van der Waals surface area contributed by atoms with Crippen molar-refractivity contribution in [2.45, 2.75) is 69.9 Å². The SMILES string of the molecule is CCCCC(CC(=O)O)NC(=O)C1CCC(NC(=O)OCC2c3ccccc3-c3ccccc32)C1. The molecule has 0 bridgehead atoms. The first-order chi connectivity index (χ1) is 17.0. The molecule has 4 rings (SSSR count). The van der Waals surface area contributed by atoms with Crippen LogP contribution in [0.5, 0.6) is 0 Å². The smallest absolute Gasteiger partial charge is 0.407 e. The maximum atomic E-state index is 12.7. The fourth-order valence-electron chi connectivity index (χ4n) is 5.36. The normalized spacial score (nSPS) is 19.5. The number of hydrogen-bond donors (Lipinski definition) is 3. The molecule has 0 saturated heterocycles. The standard InChI is InChI=1S/C28H34N2O5/c1-2-3-8-19(16-26(31)32)29-27(33)18-13-14-20(15-18)30-28(34)35-17-25-23-11-6-4-9-21(23)22-10-5-7-12-24(22)25/h4-7,9-12,18-20,25H,2-3,8,13-17H2,1H3,(H,29,33)(H,30,34)(H,31,32). The van der Waals surface area contributed by atoms with Crippen LogP contribution in [0, 0.1) is 5.92 Å². The van der Waals surface area contributed by atoms with E-state index in [0.29, 0.717) is 25.7 Å². The van der Waals surface area contributed by atoms with Crippen LogP contribution in [0.3, 0.4) is 0 Å². The Morgan fingerprint density at radius 2 is 1.69 bits per heavy atom. The van der Waals surface area contributed by atoms with Gasteiger partial charge in [0.25, 0.3) is 0 Å². The Morgan fingerprint density at radius 3 is 2.31 bits per heavy atom. The third-order valence-corrected chi connectivity index (χ3v) is 7.14. The lowest BCUT2D eigenvalue weighted by Gasteiger charge is -2.20. The van der Waals surface area contributed by atoms with Gasteiger partial charge in [0.1, 0.15) is 6.61 Å². The van der Waals surface area contributed by atoms with Gasteiger partial charge in [0.2, 0.25) is 5.91 Å². The first-order valence-corrected chi connectivity index (χ1v) is 12.6. The molecule has 0 spiro atoms. The largest absolute Gasteiger partial charge is 0.481 e. The minimum Gasteiger partial charge on any atom is -0.481 e. The summed E-state index contributed by atoms with van der Waals surface area (Å²) in [6.07, 6.45) is 3.82. The third-order valence-electron chi connectivity index (χ3n) is 7.14. The third kappa shape index (κ3) is 6.02. The molecule has 0 radical (unpaired) electrons. The topological polar surface area (TPSA) is 105 Å². The van der Waals surface area contributed by atoms with Crippen molar-refractivity contribution in [3.05, 3.63) is 59.7 Å². The molecule has 2 amide bonds. The number of hydrogen-bond acceptors (Lipinski definition) is 4. The van der Waals surface area contributed by atoms with Gasteiger partial charge in [-0.3, -0.25) is 9.59 Å². The molecule has 0 aliphatic heterocycles. The number of alkyl carbamates (subject to hydrolysis) is 1. The first kappa shape index (κ1) is 24.8. The number of unbranched alkanes of at least 4 members (excludes halogenated alkanes) is 1. The molecule has 2 aliphatic rings. The number of carbonyl (C=O) groups excluding carboxylic acids is 2. The zero-order chi connectivity index (χ0) is 24.8. The Bertz CT molecular complexity index is 1020. The van der Waals surface area contributed by atoms with Gasteiger partial charge in [0.15, 0.2) is 0 Å². The highest BCUT2D eigenvalue weighted by molar-refractivity contribution is 5.81. The molecule has 3 N–H and O–H groups in total. The summed E-state index contributed by atoms with van der Waals surface area (Å²) in [5.41, 5.74) is 4.69. The molecule has 7 heteroatoms. The van der Waals surface area contributed by atoms with Crippen molar-refractivity contribution >= 4 is 18.0 Å². The van der Waals surface area contributed by atoms with E-state index in [-0.39, 0.29) is 42.9 Å². The van der Waals surface area contributed by atoms with Crippen LogP contribution in [-0.4, -0.2) is 41.8 Å². The van der Waals surface area contributed by atoms with Gasteiger partial charge >= 0.3 is 12.1 Å². The van der Waals surface area contributed by atoms with Crippen LogP contribution in [0.4, 0.5) is 4.79 Å². The van der Waals surface area contributed by atoms with E-state index >= 15 is 0 Å². The van der Waals surface area contributed by atoms with Crippen molar-refractivity contribution in [2.24, 2.45) is 5.92 Å². The number of nitrogens with one attached hydrogen (secondary N) is 2. The first-order valence-electron chi connectivity index (χ1n) is 12.6. The number of benzene rings is 2. The van der Waals surface area contributed by atoms with Gasteiger partial charge in [-0.1, -0.05) is 68.3 Å². The van der Waals surface area contributed by atoms with Gasteiger partial charge in [-0.2, -0.15) is 0 Å². The van der Waals surface area contributed by atoms with Crippen LogP contribution in [0.2, 0.25) is 0 Å². The number of aliphatic carboxylic acids is 1. The number of amides is 2. The van der Waals surface area contributed by atoms with Crippen molar-refractivity contribution in [3.63, 3.8) is 0 Å². The number of carbonyl (C=O) groups is 3. The van der Waals surface area contributed by atoms with Crippen molar-refractivity contribution in [1.29, 1.82) is 0 Å². The predicted molar refractivity (Wildman–Crippen MR) is 133 cm³/mol. The zero-order valence-corrected chi connectivity index (χ0v) is 20.2. The number of ether oxygens (including phenoxy) is 1. The molecule has 186 valence electrons. The van der Waals surface area contributed by atoms with E-state index in [2.05, 4.69) is 34.9 Å². The van der Waals surface area contributed by atoms with Crippen molar-refractivity contribution in [2.75, 3.05) is 6.61 Å². The highest BCUT2D eigenvalue weighted by atomic mass is 16.5. The average molecular weight is 479 g/mol. The maximum absolute atomic E-state index is 12.7. The summed E-state index contributed by atoms with van der Waals surface area (Å²) in [4.78, 5) is 36.4. The van der Waals surface area contributed by atoms with Gasteiger partial charge in [-0.25, -0.2) is 4.79 Å². The average Bonchev–Trinajstić information content (AvgIpc) is 3.43. The molecule has 2 aliphatic carbocycles. The molecule has 35 heavy (non-hydrogen) atoms. The summed E-state index contributed by atoms with van der Waals surface area (Å²) in [6.45, 7) is 2.29. The summed E-state index contributed by atoms with van der Waals surface area (Å²) < 4.78 is 5.63. The number of carboxylic acids is 1. The number of rotatable bonds is 10. The van der Waals surface area contributed by atoms with Crippen LogP contribution in [0.1, 0.15) is 68.9 Å². The lowest BCUT2D eigenvalue weighted by molar-refractivity contribution is -0.137. The molecule has 1 saturated carbocycles.